The monoisotopic (exact) mass is 366 g/mol. The minimum Gasteiger partial charge on any atom is -0.361 e. The Bertz CT molecular complexity index is 848. The molecule has 0 bridgehead atoms. The number of benzene rings is 2. The van der Waals surface area contributed by atoms with Crippen LogP contribution in [0.25, 0.3) is 16.5 Å². The molecule has 0 fully saturated rings. The topological polar surface area (TPSA) is 19.0 Å². The molecule has 4 rings (SSSR count). The van der Waals surface area contributed by atoms with Crippen LogP contribution in [0.15, 0.2) is 65.3 Å². The van der Waals surface area contributed by atoms with Gasteiger partial charge in [-0.1, -0.05) is 58.4 Å². The molecule has 0 amide bonds. The van der Waals surface area contributed by atoms with Gasteiger partial charge in [-0.15, -0.1) is 0 Å². The van der Waals surface area contributed by atoms with Crippen molar-refractivity contribution in [1.82, 2.24) is 9.88 Å². The number of rotatable bonds is 3. The van der Waals surface area contributed by atoms with Crippen LogP contribution in [-0.2, 0) is 6.54 Å². The first-order chi connectivity index (χ1) is 11.3. The van der Waals surface area contributed by atoms with E-state index in [1.54, 1.807) is 0 Å². The van der Waals surface area contributed by atoms with E-state index in [0.29, 0.717) is 0 Å². The summed E-state index contributed by atoms with van der Waals surface area (Å²) in [5.74, 6) is 0. The largest absolute Gasteiger partial charge is 0.361 e. The van der Waals surface area contributed by atoms with Crippen LogP contribution >= 0.6 is 15.9 Å². The van der Waals surface area contributed by atoms with Gasteiger partial charge in [-0.05, 0) is 29.7 Å². The van der Waals surface area contributed by atoms with Gasteiger partial charge in [0.1, 0.15) is 0 Å². The lowest BCUT2D eigenvalue weighted by Crippen LogP contribution is -2.27. The van der Waals surface area contributed by atoms with Gasteiger partial charge in [-0.25, -0.2) is 0 Å². The third-order valence-electron chi connectivity index (χ3n) is 4.53. The first kappa shape index (κ1) is 14.7. The van der Waals surface area contributed by atoms with E-state index in [4.69, 9.17) is 0 Å². The second-order valence-electron chi connectivity index (χ2n) is 6.09. The molecule has 2 aromatic carbocycles. The van der Waals surface area contributed by atoms with Gasteiger partial charge >= 0.3 is 0 Å². The summed E-state index contributed by atoms with van der Waals surface area (Å²) < 4.78 is 1.12. The lowest BCUT2D eigenvalue weighted by Gasteiger charge is -2.26. The van der Waals surface area contributed by atoms with E-state index >= 15 is 0 Å². The second kappa shape index (κ2) is 6.34. The molecule has 2 heterocycles. The molecule has 3 aromatic rings. The Hall–Kier alpha value is -1.84. The van der Waals surface area contributed by atoms with Crippen LogP contribution < -0.4 is 0 Å². The van der Waals surface area contributed by atoms with E-state index in [0.717, 1.165) is 30.5 Å². The number of nitrogens with one attached hydrogen (secondary N) is 1. The zero-order chi connectivity index (χ0) is 15.6. The van der Waals surface area contributed by atoms with Gasteiger partial charge in [0.05, 0.1) is 0 Å². The molecule has 2 nitrogen and oxygen atoms in total. The van der Waals surface area contributed by atoms with Crippen molar-refractivity contribution < 1.29 is 0 Å². The highest BCUT2D eigenvalue weighted by Crippen LogP contribution is 2.30. The SMILES string of the molecule is Brc1ccc2c(C3=CCN(Cc4ccccc4)CC3)c[nH]c2c1. The van der Waals surface area contributed by atoms with Crippen LogP contribution in [-0.4, -0.2) is 23.0 Å². The molecule has 3 heteroatoms. The summed E-state index contributed by atoms with van der Waals surface area (Å²) in [5, 5.41) is 1.32. The molecule has 1 N–H and O–H groups in total. The summed E-state index contributed by atoms with van der Waals surface area (Å²) in [5.41, 5.74) is 5.40. The summed E-state index contributed by atoms with van der Waals surface area (Å²) in [4.78, 5) is 5.90. The molecular formula is C20H19BrN2. The summed E-state index contributed by atoms with van der Waals surface area (Å²) in [7, 11) is 0. The minimum atomic E-state index is 1.02. The Morgan fingerprint density at radius 3 is 2.74 bits per heavy atom. The normalized spacial score (nSPS) is 15.8. The van der Waals surface area contributed by atoms with Crippen molar-refractivity contribution in [3.05, 3.63) is 76.4 Å². The smallest absolute Gasteiger partial charge is 0.0471 e. The zero-order valence-corrected chi connectivity index (χ0v) is 14.5. The third-order valence-corrected chi connectivity index (χ3v) is 5.03. The van der Waals surface area contributed by atoms with Crippen molar-refractivity contribution in [2.24, 2.45) is 0 Å². The maximum atomic E-state index is 3.54. The van der Waals surface area contributed by atoms with E-state index in [2.05, 4.69) is 86.6 Å². The number of halogens is 1. The molecule has 0 spiro atoms. The lowest BCUT2D eigenvalue weighted by atomic mass is 9.98. The molecule has 1 aromatic heterocycles. The number of hydrogen-bond acceptors (Lipinski definition) is 1. The second-order valence-corrected chi connectivity index (χ2v) is 7.01. The van der Waals surface area contributed by atoms with Gasteiger partial charge in [0, 0.05) is 46.8 Å². The Balaban J connectivity index is 1.52. The highest BCUT2D eigenvalue weighted by atomic mass is 79.9. The van der Waals surface area contributed by atoms with E-state index in [9.17, 15) is 0 Å². The Kier molecular flexibility index (Phi) is 4.06. The molecule has 0 aliphatic carbocycles. The minimum absolute atomic E-state index is 1.02. The van der Waals surface area contributed by atoms with Gasteiger partial charge < -0.3 is 4.98 Å². The average molecular weight is 367 g/mol. The lowest BCUT2D eigenvalue weighted by molar-refractivity contribution is 0.294. The van der Waals surface area contributed by atoms with Gasteiger partial charge in [-0.2, -0.15) is 0 Å². The van der Waals surface area contributed by atoms with E-state index < -0.39 is 0 Å². The molecule has 0 saturated carbocycles. The van der Waals surface area contributed by atoms with Crippen LogP contribution in [0, 0.1) is 0 Å². The van der Waals surface area contributed by atoms with Crippen molar-refractivity contribution in [2.45, 2.75) is 13.0 Å². The number of H-pyrrole nitrogens is 1. The average Bonchev–Trinajstić information content (AvgIpc) is 2.99. The molecule has 0 unspecified atom stereocenters. The Morgan fingerprint density at radius 1 is 1.09 bits per heavy atom. The molecule has 116 valence electrons. The van der Waals surface area contributed by atoms with E-state index in [-0.39, 0.29) is 0 Å². The molecule has 23 heavy (non-hydrogen) atoms. The number of nitrogens with zero attached hydrogens (tertiary/aromatic N) is 1. The molecular weight excluding hydrogens is 348 g/mol. The highest BCUT2D eigenvalue weighted by Gasteiger charge is 2.15. The predicted octanol–water partition coefficient (Wildman–Crippen LogP) is 5.22. The van der Waals surface area contributed by atoms with Crippen LogP contribution in [0.2, 0.25) is 0 Å². The van der Waals surface area contributed by atoms with E-state index in [1.807, 2.05) is 0 Å². The molecule has 0 saturated heterocycles. The van der Waals surface area contributed by atoms with E-state index in [1.165, 1.54) is 27.6 Å². The fourth-order valence-electron chi connectivity index (χ4n) is 3.31. The molecule has 1 aliphatic rings. The maximum absolute atomic E-state index is 3.54. The fourth-order valence-corrected chi connectivity index (χ4v) is 3.67. The number of fused-ring (bicyclic) bond motifs is 1. The quantitative estimate of drug-likeness (QED) is 0.673. The van der Waals surface area contributed by atoms with Gasteiger partial charge in [-0.3, -0.25) is 4.90 Å². The molecule has 1 aliphatic heterocycles. The van der Waals surface area contributed by atoms with Crippen LogP contribution in [0.3, 0.4) is 0 Å². The molecule has 0 atom stereocenters. The van der Waals surface area contributed by atoms with Crippen LogP contribution in [0.4, 0.5) is 0 Å². The maximum Gasteiger partial charge on any atom is 0.0471 e. The first-order valence-electron chi connectivity index (χ1n) is 8.02. The Labute approximate surface area is 145 Å². The number of hydrogen-bond donors (Lipinski definition) is 1. The number of aromatic nitrogens is 1. The molecule has 0 radical (unpaired) electrons. The first-order valence-corrected chi connectivity index (χ1v) is 8.81. The third kappa shape index (κ3) is 3.12. The predicted molar refractivity (Wildman–Crippen MR) is 100 cm³/mol. The zero-order valence-electron chi connectivity index (χ0n) is 12.9. The van der Waals surface area contributed by atoms with Gasteiger partial charge in [0.2, 0.25) is 0 Å². The summed E-state index contributed by atoms with van der Waals surface area (Å²) in [6, 6.07) is 17.2. The van der Waals surface area contributed by atoms with Gasteiger partial charge in [0.25, 0.3) is 0 Å². The summed E-state index contributed by atoms with van der Waals surface area (Å²) in [6.07, 6.45) is 5.64. The standard InChI is InChI=1S/C20H19BrN2/c21-17-6-7-18-19(13-22-20(18)12-17)16-8-10-23(11-9-16)14-15-4-2-1-3-5-15/h1-8,12-13,22H,9-11,14H2. The fraction of sp³-hybridized carbons (Fsp3) is 0.200. The van der Waals surface area contributed by atoms with Crippen molar-refractivity contribution in [3.8, 4) is 0 Å². The van der Waals surface area contributed by atoms with Crippen molar-refractivity contribution in [2.75, 3.05) is 13.1 Å². The van der Waals surface area contributed by atoms with Crippen LogP contribution in [0.1, 0.15) is 17.5 Å². The van der Waals surface area contributed by atoms with Gasteiger partial charge in [0.15, 0.2) is 0 Å². The summed E-state index contributed by atoms with van der Waals surface area (Å²) >= 11 is 3.54. The van der Waals surface area contributed by atoms with Crippen molar-refractivity contribution in [1.29, 1.82) is 0 Å². The Morgan fingerprint density at radius 2 is 1.96 bits per heavy atom. The highest BCUT2D eigenvalue weighted by molar-refractivity contribution is 9.10. The summed E-state index contributed by atoms with van der Waals surface area (Å²) in [6.45, 7) is 3.17. The van der Waals surface area contributed by atoms with Crippen molar-refractivity contribution >= 4 is 32.4 Å². The number of aromatic amines is 1. The van der Waals surface area contributed by atoms with Crippen LogP contribution in [0.5, 0.6) is 0 Å². The van der Waals surface area contributed by atoms with Crippen molar-refractivity contribution in [3.63, 3.8) is 0 Å².